The molecule has 1 aromatic carbocycles. The average Bonchev–Trinajstić information content (AvgIpc) is 2.71. The van der Waals surface area contributed by atoms with E-state index in [0.29, 0.717) is 0 Å². The van der Waals surface area contributed by atoms with Crippen molar-refractivity contribution in [3.63, 3.8) is 0 Å². The van der Waals surface area contributed by atoms with Gasteiger partial charge in [-0.05, 0) is 41.1 Å². The zero-order chi connectivity index (χ0) is 15.8. The lowest BCUT2D eigenvalue weighted by atomic mass is 9.86. The predicted octanol–water partition coefficient (Wildman–Crippen LogP) is 1.36. The molecule has 0 spiro atoms. The summed E-state index contributed by atoms with van der Waals surface area (Å²) in [5.41, 5.74) is -1.35. The van der Waals surface area contributed by atoms with E-state index in [-0.39, 0.29) is 22.6 Å². The summed E-state index contributed by atoms with van der Waals surface area (Å²) in [5, 5.41) is 9.23. The molecule has 1 saturated heterocycles. The normalized spacial score (nSPS) is 26.0. The van der Waals surface area contributed by atoms with Crippen molar-refractivity contribution in [3.8, 4) is 0 Å². The van der Waals surface area contributed by atoms with Gasteiger partial charge in [0.2, 0.25) is 10.0 Å². The Bertz CT molecular complexity index is 680. The van der Waals surface area contributed by atoms with Crippen LogP contribution in [0.1, 0.15) is 6.92 Å². The number of rotatable bonds is 4. The highest BCUT2D eigenvalue weighted by Gasteiger charge is 2.48. The summed E-state index contributed by atoms with van der Waals surface area (Å²) in [4.78, 5) is 11.1. The van der Waals surface area contributed by atoms with E-state index in [9.17, 15) is 22.7 Å². The molecule has 116 valence electrons. The molecule has 0 radical (unpaired) electrons. The highest BCUT2D eigenvalue weighted by atomic mass is 79.9. The number of halogens is 2. The van der Waals surface area contributed by atoms with E-state index in [2.05, 4.69) is 20.7 Å². The number of nitrogens with one attached hydrogen (secondary N) is 1. The summed E-state index contributed by atoms with van der Waals surface area (Å²) in [6, 6.07) is 2.24. The zero-order valence-electron chi connectivity index (χ0n) is 11.0. The van der Waals surface area contributed by atoms with Gasteiger partial charge in [0, 0.05) is 4.47 Å². The van der Waals surface area contributed by atoms with E-state index < -0.39 is 33.3 Å². The van der Waals surface area contributed by atoms with Gasteiger partial charge in [0.05, 0.1) is 24.2 Å². The Kier molecular flexibility index (Phi) is 4.39. The number of carboxylic acids is 1. The van der Waals surface area contributed by atoms with E-state index in [4.69, 9.17) is 4.74 Å². The Balaban J connectivity index is 2.31. The first-order valence-electron chi connectivity index (χ1n) is 5.95. The summed E-state index contributed by atoms with van der Waals surface area (Å²) >= 11 is 2.98. The second-order valence-corrected chi connectivity index (χ2v) is 7.52. The number of carboxylic acid groups (broad SMARTS) is 1. The molecule has 0 aromatic heterocycles. The molecule has 1 aromatic rings. The van der Waals surface area contributed by atoms with Crippen LogP contribution < -0.4 is 4.72 Å². The SMILES string of the molecule is CC1(C(=O)O)COCC1NS(=O)(=O)c1ccc(F)cc1Br. The summed E-state index contributed by atoms with van der Waals surface area (Å²) in [6.45, 7) is 1.29. The number of benzene rings is 1. The van der Waals surface area contributed by atoms with Crippen molar-refractivity contribution < 1.29 is 27.4 Å². The highest BCUT2D eigenvalue weighted by molar-refractivity contribution is 9.10. The third-order valence-electron chi connectivity index (χ3n) is 3.42. The Morgan fingerprint density at radius 1 is 1.57 bits per heavy atom. The maximum Gasteiger partial charge on any atom is 0.313 e. The maximum absolute atomic E-state index is 13.0. The fraction of sp³-hybridized carbons (Fsp3) is 0.417. The highest BCUT2D eigenvalue weighted by Crippen LogP contribution is 2.31. The van der Waals surface area contributed by atoms with Crippen LogP contribution in [0.4, 0.5) is 4.39 Å². The number of hydrogen-bond donors (Lipinski definition) is 2. The molecule has 2 rings (SSSR count). The van der Waals surface area contributed by atoms with Gasteiger partial charge in [-0.1, -0.05) is 0 Å². The Morgan fingerprint density at radius 3 is 2.81 bits per heavy atom. The summed E-state index contributed by atoms with van der Waals surface area (Å²) in [7, 11) is -4.00. The van der Waals surface area contributed by atoms with E-state index in [1.807, 2.05) is 0 Å². The topological polar surface area (TPSA) is 92.7 Å². The predicted molar refractivity (Wildman–Crippen MR) is 74.8 cm³/mol. The smallest absolute Gasteiger partial charge is 0.313 e. The molecule has 0 bridgehead atoms. The first-order valence-corrected chi connectivity index (χ1v) is 8.23. The van der Waals surface area contributed by atoms with Crippen molar-refractivity contribution in [3.05, 3.63) is 28.5 Å². The lowest BCUT2D eigenvalue weighted by Gasteiger charge is -2.25. The minimum atomic E-state index is -4.00. The third-order valence-corrected chi connectivity index (χ3v) is 5.87. The maximum atomic E-state index is 13.0. The molecule has 0 aliphatic carbocycles. The van der Waals surface area contributed by atoms with Crippen LogP contribution in [0.25, 0.3) is 0 Å². The number of carbonyl (C=O) groups is 1. The van der Waals surface area contributed by atoms with Crippen LogP contribution in [-0.2, 0) is 19.6 Å². The quantitative estimate of drug-likeness (QED) is 0.821. The number of ether oxygens (including phenoxy) is 1. The minimum absolute atomic E-state index is 0.0408. The average molecular weight is 382 g/mol. The van der Waals surface area contributed by atoms with Crippen LogP contribution in [0.3, 0.4) is 0 Å². The molecule has 0 amide bonds. The molecule has 2 atom stereocenters. The molecule has 21 heavy (non-hydrogen) atoms. The fourth-order valence-electron chi connectivity index (χ4n) is 1.99. The molecular formula is C12H13BrFNO5S. The van der Waals surface area contributed by atoms with E-state index in [0.717, 1.165) is 18.2 Å². The molecule has 1 aliphatic rings. The van der Waals surface area contributed by atoms with Crippen molar-refractivity contribution in [2.24, 2.45) is 5.41 Å². The van der Waals surface area contributed by atoms with Crippen molar-refractivity contribution in [1.29, 1.82) is 0 Å². The van der Waals surface area contributed by atoms with Crippen LogP contribution in [0.5, 0.6) is 0 Å². The second-order valence-electron chi connectivity index (χ2n) is 4.99. The standard InChI is InChI=1S/C12H13BrFNO5S/c1-12(11(16)17)6-20-5-10(12)15-21(18,19)9-3-2-7(14)4-8(9)13/h2-4,10,15H,5-6H2,1H3,(H,16,17). The first kappa shape index (κ1) is 16.3. The van der Waals surface area contributed by atoms with Gasteiger partial charge < -0.3 is 9.84 Å². The van der Waals surface area contributed by atoms with Crippen LogP contribution in [0, 0.1) is 11.2 Å². The van der Waals surface area contributed by atoms with Gasteiger partial charge in [0.15, 0.2) is 0 Å². The third kappa shape index (κ3) is 3.10. The molecule has 1 heterocycles. The lowest BCUT2D eigenvalue weighted by Crippen LogP contribution is -2.49. The van der Waals surface area contributed by atoms with Crippen molar-refractivity contribution >= 4 is 31.9 Å². The molecular weight excluding hydrogens is 369 g/mol. The number of sulfonamides is 1. The van der Waals surface area contributed by atoms with Gasteiger partial charge in [-0.25, -0.2) is 17.5 Å². The van der Waals surface area contributed by atoms with Crippen molar-refractivity contribution in [2.45, 2.75) is 17.9 Å². The first-order chi connectivity index (χ1) is 9.67. The van der Waals surface area contributed by atoms with Gasteiger partial charge in [-0.3, -0.25) is 4.79 Å². The van der Waals surface area contributed by atoms with Gasteiger partial charge in [-0.2, -0.15) is 0 Å². The monoisotopic (exact) mass is 381 g/mol. The Labute approximate surface area is 129 Å². The number of hydrogen-bond acceptors (Lipinski definition) is 4. The van der Waals surface area contributed by atoms with Crippen LogP contribution in [0.2, 0.25) is 0 Å². The zero-order valence-corrected chi connectivity index (χ0v) is 13.4. The van der Waals surface area contributed by atoms with Gasteiger partial charge in [0.25, 0.3) is 0 Å². The molecule has 0 saturated carbocycles. The van der Waals surface area contributed by atoms with Crippen LogP contribution >= 0.6 is 15.9 Å². The van der Waals surface area contributed by atoms with Crippen molar-refractivity contribution in [2.75, 3.05) is 13.2 Å². The van der Waals surface area contributed by atoms with Gasteiger partial charge in [-0.15, -0.1) is 0 Å². The molecule has 6 nitrogen and oxygen atoms in total. The summed E-state index contributed by atoms with van der Waals surface area (Å²) in [5.74, 6) is -1.73. The van der Waals surface area contributed by atoms with E-state index in [1.54, 1.807) is 0 Å². The minimum Gasteiger partial charge on any atom is -0.481 e. The van der Waals surface area contributed by atoms with Crippen LogP contribution in [-0.4, -0.2) is 38.7 Å². The summed E-state index contributed by atoms with van der Waals surface area (Å²) in [6.07, 6.45) is 0. The molecule has 9 heteroatoms. The van der Waals surface area contributed by atoms with Crippen LogP contribution in [0.15, 0.2) is 27.6 Å². The Hall–Kier alpha value is -1.03. The molecule has 2 unspecified atom stereocenters. The summed E-state index contributed by atoms with van der Waals surface area (Å²) < 4.78 is 45.1. The number of aliphatic carboxylic acids is 1. The van der Waals surface area contributed by atoms with E-state index in [1.165, 1.54) is 6.92 Å². The second kappa shape index (κ2) is 5.64. The lowest BCUT2D eigenvalue weighted by molar-refractivity contribution is -0.148. The van der Waals surface area contributed by atoms with E-state index >= 15 is 0 Å². The Morgan fingerprint density at radius 2 is 2.24 bits per heavy atom. The van der Waals surface area contributed by atoms with Crippen molar-refractivity contribution in [1.82, 2.24) is 4.72 Å². The fourth-order valence-corrected chi connectivity index (χ4v) is 4.37. The molecule has 1 aliphatic heterocycles. The molecule has 2 N–H and O–H groups in total. The van der Waals surface area contributed by atoms with Gasteiger partial charge in [0.1, 0.15) is 11.2 Å². The molecule has 1 fully saturated rings. The largest absolute Gasteiger partial charge is 0.481 e. The van der Waals surface area contributed by atoms with Gasteiger partial charge >= 0.3 is 5.97 Å².